The maximum atomic E-state index is 11.9. The summed E-state index contributed by atoms with van der Waals surface area (Å²) in [6, 6.07) is 0. The fraction of sp³-hybridized carbons (Fsp3) is 0.833. The van der Waals surface area contributed by atoms with Crippen molar-refractivity contribution in [3.05, 3.63) is 0 Å². The topological polar surface area (TPSA) is 78.4 Å². The lowest BCUT2D eigenvalue weighted by Gasteiger charge is -2.15. The molecule has 3 unspecified atom stereocenters. The van der Waals surface area contributed by atoms with E-state index in [1.165, 1.54) is 0 Å². The van der Waals surface area contributed by atoms with E-state index < -0.39 is 11.9 Å². The molecule has 0 spiro atoms. The molecule has 1 fully saturated rings. The molecule has 1 aliphatic carbocycles. The van der Waals surface area contributed by atoms with Crippen LogP contribution in [-0.2, 0) is 9.59 Å². The molecule has 0 aromatic carbocycles. The highest BCUT2D eigenvalue weighted by molar-refractivity contribution is 5.85. The summed E-state index contributed by atoms with van der Waals surface area (Å²) >= 11 is 0. The summed E-state index contributed by atoms with van der Waals surface area (Å²) in [6.07, 6.45) is 2.17. The summed E-state index contributed by atoms with van der Waals surface area (Å²) in [5.41, 5.74) is 0. The first-order valence-electron chi connectivity index (χ1n) is 6.21. The van der Waals surface area contributed by atoms with Gasteiger partial charge in [-0.15, -0.1) is 0 Å². The summed E-state index contributed by atoms with van der Waals surface area (Å²) < 4.78 is 0. The third-order valence-electron chi connectivity index (χ3n) is 3.36. The van der Waals surface area contributed by atoms with Crippen molar-refractivity contribution in [2.45, 2.75) is 26.2 Å². The van der Waals surface area contributed by atoms with E-state index in [1.807, 2.05) is 14.0 Å². The average Bonchev–Trinajstić information content (AvgIpc) is 2.66. The van der Waals surface area contributed by atoms with E-state index in [1.54, 1.807) is 0 Å². The van der Waals surface area contributed by atoms with Crippen LogP contribution in [0.15, 0.2) is 0 Å². The summed E-state index contributed by atoms with van der Waals surface area (Å²) in [5.74, 6) is -1.47. The molecule has 5 nitrogen and oxygen atoms in total. The van der Waals surface area contributed by atoms with Crippen molar-refractivity contribution in [1.29, 1.82) is 0 Å². The molecule has 1 aliphatic rings. The van der Waals surface area contributed by atoms with Crippen LogP contribution in [0.3, 0.4) is 0 Å². The van der Waals surface area contributed by atoms with Gasteiger partial charge in [-0.3, -0.25) is 9.59 Å². The number of amides is 1. The zero-order valence-corrected chi connectivity index (χ0v) is 10.5. The van der Waals surface area contributed by atoms with Crippen LogP contribution in [-0.4, -0.2) is 37.1 Å². The van der Waals surface area contributed by atoms with Crippen LogP contribution in [0.1, 0.15) is 26.2 Å². The molecule has 0 aromatic rings. The van der Waals surface area contributed by atoms with Gasteiger partial charge in [0.1, 0.15) is 0 Å². The van der Waals surface area contributed by atoms with E-state index in [0.717, 1.165) is 13.0 Å². The van der Waals surface area contributed by atoms with E-state index in [9.17, 15) is 9.59 Å². The number of carbonyl (C=O) groups excluding carboxylic acids is 1. The third-order valence-corrected chi connectivity index (χ3v) is 3.36. The minimum absolute atomic E-state index is 0.0992. The lowest BCUT2D eigenvalue weighted by Crippen LogP contribution is -2.36. The number of aliphatic carboxylic acids is 1. The van der Waals surface area contributed by atoms with Crippen LogP contribution in [0, 0.1) is 17.8 Å². The number of nitrogens with one attached hydrogen (secondary N) is 2. The lowest BCUT2D eigenvalue weighted by atomic mass is 9.95. The van der Waals surface area contributed by atoms with E-state index in [4.69, 9.17) is 5.11 Å². The summed E-state index contributed by atoms with van der Waals surface area (Å²) in [4.78, 5) is 22.9. The molecular weight excluding hydrogens is 220 g/mol. The van der Waals surface area contributed by atoms with Crippen LogP contribution in [0.4, 0.5) is 0 Å². The van der Waals surface area contributed by atoms with E-state index in [0.29, 0.717) is 25.3 Å². The van der Waals surface area contributed by atoms with Crippen LogP contribution >= 0.6 is 0 Å². The smallest absolute Gasteiger partial charge is 0.307 e. The van der Waals surface area contributed by atoms with E-state index >= 15 is 0 Å². The zero-order chi connectivity index (χ0) is 12.8. The Morgan fingerprint density at radius 3 is 2.47 bits per heavy atom. The predicted molar refractivity (Wildman–Crippen MR) is 64.6 cm³/mol. The molecule has 0 radical (unpaired) electrons. The maximum Gasteiger partial charge on any atom is 0.307 e. The Labute approximate surface area is 102 Å². The Morgan fingerprint density at radius 1 is 1.24 bits per heavy atom. The van der Waals surface area contributed by atoms with Gasteiger partial charge in [-0.25, -0.2) is 0 Å². The summed E-state index contributed by atoms with van der Waals surface area (Å²) in [7, 11) is 1.86. The quantitative estimate of drug-likeness (QED) is 0.591. The molecule has 0 bridgehead atoms. The van der Waals surface area contributed by atoms with Crippen LogP contribution < -0.4 is 10.6 Å². The number of rotatable bonds is 6. The normalized spacial score (nSPS) is 28.0. The predicted octanol–water partition coefficient (Wildman–Crippen LogP) is 0.459. The second-order valence-electron chi connectivity index (χ2n) is 4.88. The number of carboxylic acid groups (broad SMARTS) is 1. The Bertz CT molecular complexity index is 281. The Kier molecular flexibility index (Phi) is 5.41. The number of carboxylic acids is 1. The van der Waals surface area contributed by atoms with Crippen molar-refractivity contribution in [2.75, 3.05) is 20.1 Å². The Morgan fingerprint density at radius 2 is 1.88 bits per heavy atom. The van der Waals surface area contributed by atoms with Gasteiger partial charge in [0.15, 0.2) is 0 Å². The number of carbonyl (C=O) groups is 2. The van der Waals surface area contributed by atoms with Crippen molar-refractivity contribution >= 4 is 11.9 Å². The van der Waals surface area contributed by atoms with Crippen LogP contribution in [0.25, 0.3) is 0 Å². The van der Waals surface area contributed by atoms with Gasteiger partial charge in [0, 0.05) is 6.54 Å². The van der Waals surface area contributed by atoms with Gasteiger partial charge in [-0.05, 0) is 38.8 Å². The second kappa shape index (κ2) is 6.59. The van der Waals surface area contributed by atoms with Crippen molar-refractivity contribution < 1.29 is 14.7 Å². The molecule has 0 aromatic heterocycles. The fourth-order valence-electron chi connectivity index (χ4n) is 2.46. The molecule has 98 valence electrons. The van der Waals surface area contributed by atoms with Crippen molar-refractivity contribution in [2.24, 2.45) is 17.8 Å². The molecule has 1 rings (SSSR count). The zero-order valence-electron chi connectivity index (χ0n) is 10.5. The van der Waals surface area contributed by atoms with Crippen LogP contribution in [0.5, 0.6) is 0 Å². The Balaban J connectivity index is 2.41. The molecule has 0 aliphatic heterocycles. The lowest BCUT2D eigenvalue weighted by molar-refractivity contribution is -0.146. The monoisotopic (exact) mass is 242 g/mol. The maximum absolute atomic E-state index is 11.9. The van der Waals surface area contributed by atoms with Gasteiger partial charge >= 0.3 is 5.97 Å². The van der Waals surface area contributed by atoms with Crippen molar-refractivity contribution in [3.8, 4) is 0 Å². The van der Waals surface area contributed by atoms with Gasteiger partial charge in [0.25, 0.3) is 0 Å². The first-order valence-corrected chi connectivity index (χ1v) is 6.21. The largest absolute Gasteiger partial charge is 0.481 e. The highest BCUT2D eigenvalue weighted by atomic mass is 16.4. The molecule has 3 atom stereocenters. The van der Waals surface area contributed by atoms with Gasteiger partial charge in [-0.1, -0.05) is 6.92 Å². The standard InChI is InChI=1S/C12H22N2O3/c1-8-6-9(10(7-8)12(16)17)11(15)14-5-3-4-13-2/h8-10,13H,3-7H2,1-2H3,(H,14,15)(H,16,17). The molecule has 17 heavy (non-hydrogen) atoms. The summed E-state index contributed by atoms with van der Waals surface area (Å²) in [5, 5.41) is 14.9. The second-order valence-corrected chi connectivity index (χ2v) is 4.88. The van der Waals surface area contributed by atoms with Crippen molar-refractivity contribution in [3.63, 3.8) is 0 Å². The molecular formula is C12H22N2O3. The highest BCUT2D eigenvalue weighted by Gasteiger charge is 2.40. The molecule has 3 N–H and O–H groups in total. The molecule has 5 heteroatoms. The first-order chi connectivity index (χ1) is 8.06. The number of hydrogen-bond donors (Lipinski definition) is 3. The minimum Gasteiger partial charge on any atom is -0.481 e. The van der Waals surface area contributed by atoms with Gasteiger partial charge in [0.2, 0.25) is 5.91 Å². The average molecular weight is 242 g/mol. The summed E-state index contributed by atoms with van der Waals surface area (Å²) in [6.45, 7) is 3.46. The van der Waals surface area contributed by atoms with Crippen LogP contribution in [0.2, 0.25) is 0 Å². The highest BCUT2D eigenvalue weighted by Crippen LogP contribution is 2.36. The SMILES string of the molecule is CNCCCNC(=O)C1CC(C)CC1C(=O)O. The first kappa shape index (κ1) is 14.0. The van der Waals surface area contributed by atoms with E-state index in [2.05, 4.69) is 10.6 Å². The van der Waals surface area contributed by atoms with Gasteiger partial charge in [-0.2, -0.15) is 0 Å². The van der Waals surface area contributed by atoms with Crippen molar-refractivity contribution in [1.82, 2.24) is 10.6 Å². The van der Waals surface area contributed by atoms with Gasteiger partial charge < -0.3 is 15.7 Å². The van der Waals surface area contributed by atoms with Gasteiger partial charge in [0.05, 0.1) is 11.8 Å². The number of hydrogen-bond acceptors (Lipinski definition) is 3. The Hall–Kier alpha value is -1.10. The minimum atomic E-state index is -0.843. The molecule has 0 heterocycles. The molecule has 1 amide bonds. The molecule has 0 saturated heterocycles. The fourth-order valence-corrected chi connectivity index (χ4v) is 2.46. The molecule has 1 saturated carbocycles. The third kappa shape index (κ3) is 4.00. The van der Waals surface area contributed by atoms with E-state index in [-0.39, 0.29) is 11.8 Å².